The third kappa shape index (κ3) is 3.71. The number of para-hydroxylation sites is 1. The van der Waals surface area contributed by atoms with Gasteiger partial charge >= 0.3 is 0 Å². The predicted molar refractivity (Wildman–Crippen MR) is 106 cm³/mol. The lowest BCUT2D eigenvalue weighted by molar-refractivity contribution is -0.127. The maximum Gasteiger partial charge on any atom is 0.160 e. The second-order valence-electron chi connectivity index (χ2n) is 7.42. The van der Waals surface area contributed by atoms with Crippen molar-refractivity contribution in [1.82, 2.24) is 25.3 Å². The molecular formula is C20H26N6O2. The lowest BCUT2D eigenvalue weighted by Gasteiger charge is -2.26. The molecule has 0 bridgehead atoms. The third-order valence-corrected chi connectivity index (χ3v) is 5.58. The van der Waals surface area contributed by atoms with Crippen molar-refractivity contribution in [3.8, 4) is 0 Å². The SMILES string of the molecule is N[C@@H](CO)c1cn([C@@H](Cc2c[nH]c3ccccc23)C(=O)C2CCNCC2)nn1. The number of hydrogen-bond acceptors (Lipinski definition) is 6. The number of aromatic amines is 1. The molecular weight excluding hydrogens is 356 g/mol. The summed E-state index contributed by atoms with van der Waals surface area (Å²) in [5.41, 5.74) is 8.49. The summed E-state index contributed by atoms with van der Waals surface area (Å²) in [7, 11) is 0. The number of aliphatic hydroxyl groups is 1. The van der Waals surface area contributed by atoms with Crippen molar-refractivity contribution in [1.29, 1.82) is 0 Å². The molecule has 0 aliphatic carbocycles. The molecule has 0 radical (unpaired) electrons. The number of hydrogen-bond donors (Lipinski definition) is 4. The number of fused-ring (bicyclic) bond motifs is 1. The quantitative estimate of drug-likeness (QED) is 0.485. The molecule has 3 heterocycles. The van der Waals surface area contributed by atoms with E-state index >= 15 is 0 Å². The van der Waals surface area contributed by atoms with E-state index in [4.69, 9.17) is 5.73 Å². The van der Waals surface area contributed by atoms with Crippen molar-refractivity contribution < 1.29 is 9.90 Å². The summed E-state index contributed by atoms with van der Waals surface area (Å²) >= 11 is 0. The van der Waals surface area contributed by atoms with Crippen molar-refractivity contribution in [2.24, 2.45) is 11.7 Å². The predicted octanol–water partition coefficient (Wildman–Crippen LogP) is 1.10. The summed E-state index contributed by atoms with van der Waals surface area (Å²) in [5, 5.41) is 22.0. The zero-order chi connectivity index (χ0) is 19.5. The fourth-order valence-corrected chi connectivity index (χ4v) is 3.92. The van der Waals surface area contributed by atoms with E-state index in [9.17, 15) is 9.90 Å². The number of carbonyl (C=O) groups excluding carboxylic acids is 1. The van der Waals surface area contributed by atoms with Gasteiger partial charge in [-0.05, 0) is 37.6 Å². The highest BCUT2D eigenvalue weighted by atomic mass is 16.3. The number of Topliss-reactive ketones (excluding diaryl/α,β-unsaturated/α-hetero) is 1. The Morgan fingerprint density at radius 1 is 1.32 bits per heavy atom. The first kappa shape index (κ1) is 18.8. The molecule has 5 N–H and O–H groups in total. The molecule has 28 heavy (non-hydrogen) atoms. The van der Waals surface area contributed by atoms with Crippen LogP contribution >= 0.6 is 0 Å². The monoisotopic (exact) mass is 382 g/mol. The molecule has 4 rings (SSSR count). The van der Waals surface area contributed by atoms with Crippen LogP contribution in [0.3, 0.4) is 0 Å². The minimum absolute atomic E-state index is 0.00983. The molecule has 0 amide bonds. The van der Waals surface area contributed by atoms with Crippen molar-refractivity contribution in [2.75, 3.05) is 19.7 Å². The summed E-state index contributed by atoms with van der Waals surface area (Å²) in [6.07, 6.45) is 5.86. The van der Waals surface area contributed by atoms with E-state index in [-0.39, 0.29) is 18.3 Å². The van der Waals surface area contributed by atoms with Crippen LogP contribution in [0, 0.1) is 5.92 Å². The van der Waals surface area contributed by atoms with Gasteiger partial charge in [-0.25, -0.2) is 4.68 Å². The summed E-state index contributed by atoms with van der Waals surface area (Å²) in [6, 6.07) is 7.01. The lowest BCUT2D eigenvalue weighted by Crippen LogP contribution is -2.36. The number of rotatable bonds is 7. The van der Waals surface area contributed by atoms with Crippen molar-refractivity contribution in [3.05, 3.63) is 47.9 Å². The Morgan fingerprint density at radius 3 is 2.89 bits per heavy atom. The molecule has 0 unspecified atom stereocenters. The van der Waals surface area contributed by atoms with Crippen molar-refractivity contribution in [3.63, 3.8) is 0 Å². The van der Waals surface area contributed by atoms with Crippen LogP contribution in [0.25, 0.3) is 10.9 Å². The molecule has 1 aliphatic heterocycles. The second-order valence-corrected chi connectivity index (χ2v) is 7.42. The van der Waals surface area contributed by atoms with Gasteiger partial charge in [0.25, 0.3) is 0 Å². The normalized spacial score (nSPS) is 17.6. The molecule has 0 saturated carbocycles. The molecule has 1 aromatic carbocycles. The first-order valence-electron chi connectivity index (χ1n) is 9.75. The van der Waals surface area contributed by atoms with E-state index in [0.717, 1.165) is 42.4 Å². The highest BCUT2D eigenvalue weighted by Gasteiger charge is 2.31. The van der Waals surface area contributed by atoms with Crippen LogP contribution in [-0.4, -0.2) is 50.6 Å². The van der Waals surface area contributed by atoms with E-state index in [2.05, 4.69) is 26.7 Å². The van der Waals surface area contributed by atoms with Gasteiger partial charge in [0.2, 0.25) is 0 Å². The number of nitrogens with two attached hydrogens (primary N) is 1. The Balaban J connectivity index is 1.66. The highest BCUT2D eigenvalue weighted by molar-refractivity contribution is 5.87. The van der Waals surface area contributed by atoms with Gasteiger partial charge in [0.15, 0.2) is 5.78 Å². The summed E-state index contributed by atoms with van der Waals surface area (Å²) in [4.78, 5) is 16.7. The Bertz CT molecular complexity index is 943. The molecule has 8 nitrogen and oxygen atoms in total. The van der Waals surface area contributed by atoms with Crippen molar-refractivity contribution >= 4 is 16.7 Å². The van der Waals surface area contributed by atoms with Crippen LogP contribution in [-0.2, 0) is 11.2 Å². The van der Waals surface area contributed by atoms with Crippen LogP contribution in [0.2, 0.25) is 0 Å². The molecule has 8 heteroatoms. The smallest absolute Gasteiger partial charge is 0.160 e. The number of nitrogens with zero attached hydrogens (tertiary/aromatic N) is 3. The standard InChI is InChI=1S/C20H26N6O2/c21-16(12-27)18-11-26(25-24-18)19(20(28)13-5-7-22-8-6-13)9-14-10-23-17-4-2-1-3-15(14)17/h1-4,10-11,13,16,19,22-23,27H,5-9,12,21H2/t16-,19-/m0/s1. The molecule has 2 atom stereocenters. The van der Waals surface area contributed by atoms with Gasteiger partial charge in [0, 0.05) is 29.4 Å². The molecule has 1 aliphatic rings. The fraction of sp³-hybridized carbons (Fsp3) is 0.450. The Kier molecular flexibility index (Phi) is 5.52. The Labute approximate surface area is 163 Å². The van der Waals surface area contributed by atoms with Gasteiger partial charge in [-0.1, -0.05) is 23.4 Å². The van der Waals surface area contributed by atoms with Crippen LogP contribution in [0.15, 0.2) is 36.7 Å². The molecule has 1 fully saturated rings. The second kappa shape index (κ2) is 8.22. The Morgan fingerprint density at radius 2 is 2.11 bits per heavy atom. The zero-order valence-electron chi connectivity index (χ0n) is 15.7. The number of ketones is 1. The summed E-state index contributed by atoms with van der Waals surface area (Å²) < 4.78 is 1.62. The number of carbonyl (C=O) groups is 1. The molecule has 148 valence electrons. The van der Waals surface area contributed by atoms with Gasteiger partial charge < -0.3 is 21.1 Å². The van der Waals surface area contributed by atoms with E-state index in [0.29, 0.717) is 12.1 Å². The molecule has 0 spiro atoms. The fourth-order valence-electron chi connectivity index (χ4n) is 3.92. The van der Waals surface area contributed by atoms with Crippen LogP contribution < -0.4 is 11.1 Å². The molecule has 3 aromatic rings. The molecule has 2 aromatic heterocycles. The van der Waals surface area contributed by atoms with Gasteiger partial charge in [0.05, 0.1) is 18.8 Å². The van der Waals surface area contributed by atoms with Crippen LogP contribution in [0.5, 0.6) is 0 Å². The van der Waals surface area contributed by atoms with Crippen molar-refractivity contribution in [2.45, 2.75) is 31.3 Å². The third-order valence-electron chi connectivity index (χ3n) is 5.58. The summed E-state index contributed by atoms with van der Waals surface area (Å²) in [5.74, 6) is 0.191. The number of benzene rings is 1. The van der Waals surface area contributed by atoms with Gasteiger partial charge in [-0.2, -0.15) is 0 Å². The van der Waals surface area contributed by atoms with Gasteiger partial charge in [-0.15, -0.1) is 5.10 Å². The molecule has 1 saturated heterocycles. The van der Waals surface area contributed by atoms with E-state index < -0.39 is 12.1 Å². The van der Waals surface area contributed by atoms with E-state index in [1.54, 1.807) is 10.9 Å². The Hall–Kier alpha value is -2.55. The highest BCUT2D eigenvalue weighted by Crippen LogP contribution is 2.27. The average Bonchev–Trinajstić information content (AvgIpc) is 3.39. The van der Waals surface area contributed by atoms with E-state index in [1.807, 2.05) is 24.4 Å². The maximum absolute atomic E-state index is 13.4. The number of piperidine rings is 1. The lowest BCUT2D eigenvalue weighted by atomic mass is 9.87. The number of H-pyrrole nitrogens is 1. The van der Waals surface area contributed by atoms with Crippen LogP contribution in [0.1, 0.15) is 36.2 Å². The average molecular weight is 382 g/mol. The van der Waals surface area contributed by atoms with Crippen LogP contribution in [0.4, 0.5) is 0 Å². The topological polar surface area (TPSA) is 122 Å². The number of aliphatic hydroxyl groups excluding tert-OH is 1. The zero-order valence-corrected chi connectivity index (χ0v) is 15.7. The first-order chi connectivity index (χ1) is 13.7. The maximum atomic E-state index is 13.4. The number of aromatic nitrogens is 4. The first-order valence-corrected chi connectivity index (χ1v) is 9.75. The van der Waals surface area contributed by atoms with E-state index in [1.165, 1.54) is 0 Å². The van der Waals surface area contributed by atoms with Gasteiger partial charge in [0.1, 0.15) is 11.7 Å². The minimum Gasteiger partial charge on any atom is -0.394 e. The van der Waals surface area contributed by atoms with Gasteiger partial charge in [-0.3, -0.25) is 4.79 Å². The minimum atomic E-state index is -0.600. The summed E-state index contributed by atoms with van der Waals surface area (Å²) in [6.45, 7) is 1.50. The number of nitrogens with one attached hydrogen (secondary N) is 2. The largest absolute Gasteiger partial charge is 0.394 e.